The number of hydrogen-bond acceptors (Lipinski definition) is 3. The smallest absolute Gasteiger partial charge is 0.314 e. The standard InChI is InChI=1S/C12H14O3/c1-14-10-7-2-3-8-11(10)15-12(13)9-5-4-6-9/h2-3,7-9H,4-6H2,1H3. The van der Waals surface area contributed by atoms with Crippen LogP contribution in [0.25, 0.3) is 0 Å². The summed E-state index contributed by atoms with van der Waals surface area (Å²) >= 11 is 0. The normalized spacial score (nSPS) is 15.5. The highest BCUT2D eigenvalue weighted by Gasteiger charge is 2.27. The summed E-state index contributed by atoms with van der Waals surface area (Å²) in [6.07, 6.45) is 3.04. The minimum Gasteiger partial charge on any atom is -0.493 e. The van der Waals surface area contributed by atoms with E-state index in [2.05, 4.69) is 0 Å². The largest absolute Gasteiger partial charge is 0.493 e. The molecule has 1 aromatic carbocycles. The van der Waals surface area contributed by atoms with Crippen LogP contribution >= 0.6 is 0 Å². The lowest BCUT2D eigenvalue weighted by Crippen LogP contribution is -2.26. The molecule has 80 valence electrons. The molecule has 3 heteroatoms. The van der Waals surface area contributed by atoms with Gasteiger partial charge in [-0.25, -0.2) is 0 Å². The molecule has 2 rings (SSSR count). The van der Waals surface area contributed by atoms with Crippen molar-refractivity contribution < 1.29 is 14.3 Å². The molecular weight excluding hydrogens is 192 g/mol. The fourth-order valence-electron chi connectivity index (χ4n) is 1.54. The Morgan fingerprint density at radius 2 is 1.93 bits per heavy atom. The zero-order valence-electron chi connectivity index (χ0n) is 8.73. The van der Waals surface area contributed by atoms with Gasteiger partial charge in [-0.3, -0.25) is 4.79 Å². The summed E-state index contributed by atoms with van der Waals surface area (Å²) < 4.78 is 10.4. The van der Waals surface area contributed by atoms with Crippen LogP contribution in [-0.2, 0) is 4.79 Å². The van der Waals surface area contributed by atoms with Gasteiger partial charge in [0.05, 0.1) is 13.0 Å². The fourth-order valence-corrected chi connectivity index (χ4v) is 1.54. The summed E-state index contributed by atoms with van der Waals surface area (Å²) in [6, 6.07) is 7.20. The van der Waals surface area contributed by atoms with Gasteiger partial charge in [0.1, 0.15) is 0 Å². The summed E-state index contributed by atoms with van der Waals surface area (Å²) in [5.74, 6) is 1.07. The van der Waals surface area contributed by atoms with Crippen LogP contribution < -0.4 is 9.47 Å². The van der Waals surface area contributed by atoms with Gasteiger partial charge in [-0.15, -0.1) is 0 Å². The topological polar surface area (TPSA) is 35.5 Å². The molecule has 0 saturated heterocycles. The van der Waals surface area contributed by atoms with E-state index < -0.39 is 0 Å². The monoisotopic (exact) mass is 206 g/mol. The van der Waals surface area contributed by atoms with Crippen molar-refractivity contribution in [2.45, 2.75) is 19.3 Å². The molecule has 3 nitrogen and oxygen atoms in total. The predicted octanol–water partition coefficient (Wildman–Crippen LogP) is 2.40. The molecule has 0 aliphatic heterocycles. The van der Waals surface area contributed by atoms with Gasteiger partial charge in [0.2, 0.25) is 0 Å². The summed E-state index contributed by atoms with van der Waals surface area (Å²) in [7, 11) is 1.57. The van der Waals surface area contributed by atoms with Crippen LogP contribution in [0.2, 0.25) is 0 Å². The molecule has 0 spiro atoms. The first-order valence-electron chi connectivity index (χ1n) is 5.16. The number of hydrogen-bond donors (Lipinski definition) is 0. The summed E-state index contributed by atoms with van der Waals surface area (Å²) in [5, 5.41) is 0. The van der Waals surface area contributed by atoms with Crippen LogP contribution in [0.3, 0.4) is 0 Å². The Kier molecular flexibility index (Phi) is 2.90. The second-order valence-corrected chi connectivity index (χ2v) is 3.70. The Hall–Kier alpha value is -1.51. The lowest BCUT2D eigenvalue weighted by atomic mass is 9.86. The molecule has 0 heterocycles. The number of carbonyl (C=O) groups is 1. The van der Waals surface area contributed by atoms with Gasteiger partial charge in [-0.05, 0) is 25.0 Å². The highest BCUT2D eigenvalue weighted by molar-refractivity contribution is 5.76. The molecule has 0 N–H and O–H groups in total. The molecule has 15 heavy (non-hydrogen) atoms. The molecule has 0 bridgehead atoms. The van der Waals surface area contributed by atoms with Crippen molar-refractivity contribution >= 4 is 5.97 Å². The van der Waals surface area contributed by atoms with Gasteiger partial charge in [-0.1, -0.05) is 18.6 Å². The van der Waals surface area contributed by atoms with Gasteiger partial charge in [0.15, 0.2) is 11.5 Å². The molecule has 0 unspecified atom stereocenters. The van der Waals surface area contributed by atoms with E-state index in [-0.39, 0.29) is 11.9 Å². The molecule has 0 atom stereocenters. The van der Waals surface area contributed by atoms with Crippen molar-refractivity contribution in [1.29, 1.82) is 0 Å². The van der Waals surface area contributed by atoms with Crippen molar-refractivity contribution in [3.63, 3.8) is 0 Å². The third-order valence-electron chi connectivity index (χ3n) is 2.72. The van der Waals surface area contributed by atoms with Crippen molar-refractivity contribution in [3.05, 3.63) is 24.3 Å². The van der Waals surface area contributed by atoms with Crippen LogP contribution in [0.1, 0.15) is 19.3 Å². The number of ether oxygens (including phenoxy) is 2. The van der Waals surface area contributed by atoms with Crippen LogP contribution in [0.4, 0.5) is 0 Å². The quantitative estimate of drug-likeness (QED) is 0.562. The third kappa shape index (κ3) is 2.12. The number of rotatable bonds is 3. The molecule has 1 aliphatic carbocycles. The Bertz CT molecular complexity index is 356. The maximum absolute atomic E-state index is 11.6. The number of para-hydroxylation sites is 2. The first-order valence-corrected chi connectivity index (χ1v) is 5.16. The molecule has 1 aromatic rings. The average Bonchev–Trinajstić information content (AvgIpc) is 2.15. The minimum atomic E-state index is -0.134. The molecule has 1 aliphatic rings. The van der Waals surface area contributed by atoms with E-state index in [1.807, 2.05) is 12.1 Å². The number of benzene rings is 1. The van der Waals surface area contributed by atoms with E-state index in [0.29, 0.717) is 11.5 Å². The van der Waals surface area contributed by atoms with Crippen LogP contribution in [0.15, 0.2) is 24.3 Å². The van der Waals surface area contributed by atoms with Gasteiger partial charge in [0, 0.05) is 0 Å². The molecule has 1 saturated carbocycles. The van der Waals surface area contributed by atoms with E-state index in [9.17, 15) is 4.79 Å². The Labute approximate surface area is 89.0 Å². The van der Waals surface area contributed by atoms with Crippen LogP contribution in [0, 0.1) is 5.92 Å². The fraction of sp³-hybridized carbons (Fsp3) is 0.417. The van der Waals surface area contributed by atoms with E-state index in [4.69, 9.17) is 9.47 Å². The maximum Gasteiger partial charge on any atom is 0.314 e. The van der Waals surface area contributed by atoms with Crippen molar-refractivity contribution in [2.75, 3.05) is 7.11 Å². The number of esters is 1. The lowest BCUT2D eigenvalue weighted by Gasteiger charge is -2.23. The Balaban J connectivity index is 2.05. The molecule has 0 amide bonds. The van der Waals surface area contributed by atoms with Gasteiger partial charge < -0.3 is 9.47 Å². The van der Waals surface area contributed by atoms with Crippen LogP contribution in [-0.4, -0.2) is 13.1 Å². The SMILES string of the molecule is COc1ccccc1OC(=O)C1CCC1. The second kappa shape index (κ2) is 4.34. The summed E-state index contributed by atoms with van der Waals surface area (Å²) in [4.78, 5) is 11.6. The average molecular weight is 206 g/mol. The van der Waals surface area contributed by atoms with Gasteiger partial charge in [-0.2, -0.15) is 0 Å². The van der Waals surface area contributed by atoms with Crippen molar-refractivity contribution in [2.24, 2.45) is 5.92 Å². The maximum atomic E-state index is 11.6. The minimum absolute atomic E-state index is 0.0925. The third-order valence-corrected chi connectivity index (χ3v) is 2.72. The molecule has 0 radical (unpaired) electrons. The van der Waals surface area contributed by atoms with E-state index >= 15 is 0 Å². The van der Waals surface area contributed by atoms with E-state index in [1.165, 1.54) is 0 Å². The van der Waals surface area contributed by atoms with Crippen LogP contribution in [0.5, 0.6) is 11.5 Å². The zero-order chi connectivity index (χ0) is 10.7. The van der Waals surface area contributed by atoms with Crippen molar-refractivity contribution in [3.8, 4) is 11.5 Å². The second-order valence-electron chi connectivity index (χ2n) is 3.70. The predicted molar refractivity (Wildman–Crippen MR) is 56.0 cm³/mol. The van der Waals surface area contributed by atoms with E-state index in [0.717, 1.165) is 19.3 Å². The Morgan fingerprint density at radius 1 is 1.27 bits per heavy atom. The first kappa shape index (κ1) is 10.0. The number of carbonyl (C=O) groups excluding carboxylic acids is 1. The Morgan fingerprint density at radius 3 is 2.47 bits per heavy atom. The summed E-state index contributed by atoms with van der Waals surface area (Å²) in [5.41, 5.74) is 0. The lowest BCUT2D eigenvalue weighted by molar-refractivity contribution is -0.141. The number of methoxy groups -OCH3 is 1. The van der Waals surface area contributed by atoms with Gasteiger partial charge >= 0.3 is 5.97 Å². The van der Waals surface area contributed by atoms with E-state index in [1.54, 1.807) is 19.2 Å². The van der Waals surface area contributed by atoms with Gasteiger partial charge in [0.25, 0.3) is 0 Å². The zero-order valence-corrected chi connectivity index (χ0v) is 8.73. The summed E-state index contributed by atoms with van der Waals surface area (Å²) in [6.45, 7) is 0. The molecule has 1 fully saturated rings. The van der Waals surface area contributed by atoms with Crippen molar-refractivity contribution in [1.82, 2.24) is 0 Å². The first-order chi connectivity index (χ1) is 7.31. The molecular formula is C12H14O3. The highest BCUT2D eigenvalue weighted by atomic mass is 16.6. The molecule has 0 aromatic heterocycles. The highest BCUT2D eigenvalue weighted by Crippen LogP contribution is 2.31.